The third-order valence-electron chi connectivity index (χ3n) is 10.2. The molecular formula is C50H34Si. The van der Waals surface area contributed by atoms with Gasteiger partial charge in [0.15, 0.2) is 0 Å². The van der Waals surface area contributed by atoms with Crippen LogP contribution in [-0.4, -0.2) is 8.07 Å². The summed E-state index contributed by atoms with van der Waals surface area (Å²) in [5.41, 5.74) is 10.1. The maximum Gasteiger partial charge on any atom is 0.230 e. The topological polar surface area (TPSA) is 0 Å². The Hall–Kier alpha value is -6.46. The van der Waals surface area contributed by atoms with E-state index in [1.807, 2.05) is 0 Å². The van der Waals surface area contributed by atoms with Gasteiger partial charge in [0.1, 0.15) is 0 Å². The van der Waals surface area contributed by atoms with Crippen LogP contribution in [0.15, 0.2) is 206 Å². The van der Waals surface area contributed by atoms with Gasteiger partial charge < -0.3 is 0 Å². The van der Waals surface area contributed by atoms with Crippen molar-refractivity contribution in [1.29, 1.82) is 0 Å². The molecule has 9 aromatic rings. The second kappa shape index (κ2) is 13.1. The second-order valence-corrected chi connectivity index (χ2v) is 16.5. The first-order valence-electron chi connectivity index (χ1n) is 17.5. The van der Waals surface area contributed by atoms with Crippen LogP contribution in [0.1, 0.15) is 5.56 Å². The van der Waals surface area contributed by atoms with E-state index in [0.29, 0.717) is 0 Å². The zero-order valence-electron chi connectivity index (χ0n) is 28.1. The summed E-state index contributed by atoms with van der Waals surface area (Å²) in [6.07, 6.45) is 0. The molecule has 0 spiro atoms. The summed E-state index contributed by atoms with van der Waals surface area (Å²) in [6, 6.07) is 74.8. The Morgan fingerprint density at radius 3 is 1.41 bits per heavy atom. The van der Waals surface area contributed by atoms with Crippen LogP contribution in [0.4, 0.5) is 0 Å². The van der Waals surface area contributed by atoms with E-state index >= 15 is 0 Å². The van der Waals surface area contributed by atoms with Crippen LogP contribution in [0.2, 0.25) is 0 Å². The van der Waals surface area contributed by atoms with E-state index in [1.165, 1.54) is 70.1 Å². The van der Waals surface area contributed by atoms with Crippen molar-refractivity contribution in [1.82, 2.24) is 0 Å². The van der Waals surface area contributed by atoms with Crippen LogP contribution in [0.5, 0.6) is 0 Å². The Balaban J connectivity index is 1.37. The normalized spacial score (nSPS) is 11.4. The molecule has 0 saturated carbocycles. The smallest absolute Gasteiger partial charge is 0.109 e. The molecule has 0 amide bonds. The highest BCUT2D eigenvalue weighted by Crippen LogP contribution is 2.41. The van der Waals surface area contributed by atoms with Gasteiger partial charge >= 0.3 is 0 Å². The third-order valence-corrected chi connectivity index (χ3v) is 14.3. The highest BCUT2D eigenvalue weighted by atomic mass is 28.3. The predicted molar refractivity (Wildman–Crippen MR) is 221 cm³/mol. The first kappa shape index (κ1) is 30.6. The van der Waals surface area contributed by atoms with E-state index in [0.717, 1.165) is 5.56 Å². The molecule has 0 radical (unpaired) electrons. The Kier molecular flexibility index (Phi) is 7.86. The van der Waals surface area contributed by atoms with Crippen LogP contribution < -0.4 is 15.6 Å². The monoisotopic (exact) mass is 662 g/mol. The minimum Gasteiger partial charge on any atom is -0.109 e. The summed E-state index contributed by atoms with van der Waals surface area (Å²) in [4.78, 5) is 0. The first-order valence-corrected chi connectivity index (χ1v) is 19.5. The van der Waals surface area contributed by atoms with Crippen LogP contribution >= 0.6 is 0 Å². The molecule has 0 nitrogen and oxygen atoms in total. The molecule has 0 saturated heterocycles. The van der Waals surface area contributed by atoms with E-state index < -0.39 is 8.07 Å². The second-order valence-electron chi connectivity index (χ2n) is 13.0. The molecule has 0 aromatic heterocycles. The fourth-order valence-electron chi connectivity index (χ4n) is 7.81. The van der Waals surface area contributed by atoms with Crippen LogP contribution in [0, 0.1) is 11.5 Å². The Bertz CT molecular complexity index is 2630. The van der Waals surface area contributed by atoms with Gasteiger partial charge in [-0.25, -0.2) is 0 Å². The van der Waals surface area contributed by atoms with Crippen molar-refractivity contribution in [2.45, 2.75) is 0 Å². The molecule has 0 aliphatic rings. The molecule has 51 heavy (non-hydrogen) atoms. The standard InChI is InChI=1S/C50H34Si/c1-4-18-37(19-5-1)39-22-16-27-42(36-39)51(40-23-6-2-7-24-40,41-25-8-3-9-26-41)35-34-46-44-29-12-14-31-48(44)50(49-32-15-13-30-45(46)49)47-33-17-21-38-20-10-11-28-43(38)47/h1-33,36H. The van der Waals surface area contributed by atoms with Crippen molar-refractivity contribution < 1.29 is 0 Å². The molecule has 9 rings (SSSR count). The molecule has 0 bridgehead atoms. The first-order chi connectivity index (χ1) is 25.3. The summed E-state index contributed by atoms with van der Waals surface area (Å²) in [5.74, 6) is 3.95. The van der Waals surface area contributed by atoms with Gasteiger partial charge in [-0.15, -0.1) is 5.54 Å². The molecule has 0 heterocycles. The van der Waals surface area contributed by atoms with Crippen LogP contribution in [0.25, 0.3) is 54.6 Å². The summed E-state index contributed by atoms with van der Waals surface area (Å²) in [7, 11) is -2.92. The van der Waals surface area contributed by atoms with E-state index in [2.05, 4.69) is 218 Å². The Morgan fingerprint density at radius 2 is 0.784 bits per heavy atom. The summed E-state index contributed by atoms with van der Waals surface area (Å²) in [6.45, 7) is 0. The lowest BCUT2D eigenvalue weighted by atomic mass is 9.87. The van der Waals surface area contributed by atoms with Crippen LogP contribution in [0.3, 0.4) is 0 Å². The van der Waals surface area contributed by atoms with Gasteiger partial charge in [-0.05, 0) is 70.1 Å². The molecule has 9 aromatic carbocycles. The summed E-state index contributed by atoms with van der Waals surface area (Å²) < 4.78 is 0. The lowest BCUT2D eigenvalue weighted by Gasteiger charge is -2.29. The van der Waals surface area contributed by atoms with Crippen molar-refractivity contribution in [2.75, 3.05) is 0 Å². The van der Waals surface area contributed by atoms with Crippen molar-refractivity contribution in [3.8, 4) is 33.7 Å². The number of hydrogen-bond acceptors (Lipinski definition) is 0. The minimum absolute atomic E-state index is 1.08. The molecule has 0 N–H and O–H groups in total. The molecule has 0 aliphatic heterocycles. The molecule has 0 aliphatic carbocycles. The van der Waals surface area contributed by atoms with Gasteiger partial charge in [0.2, 0.25) is 8.07 Å². The molecule has 0 unspecified atom stereocenters. The number of benzene rings is 9. The largest absolute Gasteiger partial charge is 0.230 e. The lowest BCUT2D eigenvalue weighted by Crippen LogP contribution is -2.66. The molecule has 0 fully saturated rings. The van der Waals surface area contributed by atoms with E-state index in [4.69, 9.17) is 0 Å². The lowest BCUT2D eigenvalue weighted by molar-refractivity contribution is 1.63. The number of hydrogen-bond donors (Lipinski definition) is 0. The minimum atomic E-state index is -2.92. The SMILES string of the molecule is C(#C[Si](c1ccccc1)(c1ccccc1)c1cccc(-c2ccccc2)c1)c1c2ccccc2c(-c2cccc3ccccc23)c2ccccc12. The number of fused-ring (bicyclic) bond motifs is 3. The highest BCUT2D eigenvalue weighted by molar-refractivity contribution is 7.16. The maximum atomic E-state index is 4.14. The third kappa shape index (κ3) is 5.35. The van der Waals surface area contributed by atoms with E-state index in [1.54, 1.807) is 0 Å². The fraction of sp³-hybridized carbons (Fsp3) is 0. The van der Waals surface area contributed by atoms with Crippen molar-refractivity contribution in [3.63, 3.8) is 0 Å². The van der Waals surface area contributed by atoms with Crippen LogP contribution in [-0.2, 0) is 0 Å². The molecular weight excluding hydrogens is 629 g/mol. The molecule has 1 heteroatoms. The van der Waals surface area contributed by atoms with Crippen molar-refractivity contribution >= 4 is 56.0 Å². The van der Waals surface area contributed by atoms with Crippen molar-refractivity contribution in [2.24, 2.45) is 0 Å². The quantitative estimate of drug-likeness (QED) is 0.0745. The van der Waals surface area contributed by atoms with E-state index in [9.17, 15) is 0 Å². The maximum absolute atomic E-state index is 4.14. The average molecular weight is 663 g/mol. The van der Waals surface area contributed by atoms with Gasteiger partial charge in [-0.1, -0.05) is 212 Å². The van der Waals surface area contributed by atoms with Gasteiger partial charge in [0, 0.05) is 5.56 Å². The predicted octanol–water partition coefficient (Wildman–Crippen LogP) is 10.5. The Morgan fingerprint density at radius 1 is 0.333 bits per heavy atom. The van der Waals surface area contributed by atoms with Gasteiger partial charge in [0.05, 0.1) is 0 Å². The number of rotatable bonds is 5. The molecule has 0 atom stereocenters. The average Bonchev–Trinajstić information content (AvgIpc) is 3.22. The molecule has 238 valence electrons. The summed E-state index contributed by atoms with van der Waals surface area (Å²) >= 11 is 0. The van der Waals surface area contributed by atoms with E-state index in [-0.39, 0.29) is 0 Å². The van der Waals surface area contributed by atoms with Gasteiger partial charge in [-0.2, -0.15) is 0 Å². The summed E-state index contributed by atoms with van der Waals surface area (Å²) in [5, 5.41) is 11.1. The zero-order chi connectivity index (χ0) is 34.0. The Labute approximate surface area is 300 Å². The fourth-order valence-corrected chi connectivity index (χ4v) is 11.7. The van der Waals surface area contributed by atoms with Crippen molar-refractivity contribution in [3.05, 3.63) is 212 Å². The van der Waals surface area contributed by atoms with Gasteiger partial charge in [-0.3, -0.25) is 0 Å². The zero-order valence-corrected chi connectivity index (χ0v) is 29.1. The van der Waals surface area contributed by atoms with Gasteiger partial charge in [0.25, 0.3) is 0 Å². The highest BCUT2D eigenvalue weighted by Gasteiger charge is 2.38.